The fourth-order valence-electron chi connectivity index (χ4n) is 2.32. The molecule has 0 bridgehead atoms. The van der Waals surface area contributed by atoms with E-state index in [9.17, 15) is 9.59 Å². The molecule has 6 nitrogen and oxygen atoms in total. The lowest BCUT2D eigenvalue weighted by Crippen LogP contribution is -2.30. The van der Waals surface area contributed by atoms with Crippen LogP contribution in [0.4, 0.5) is 5.69 Å². The lowest BCUT2D eigenvalue weighted by Gasteiger charge is -2.19. The molecule has 0 radical (unpaired) electrons. The van der Waals surface area contributed by atoms with E-state index in [0.717, 1.165) is 9.37 Å². The molecule has 0 aromatic heterocycles. The van der Waals surface area contributed by atoms with Crippen LogP contribution in [0.25, 0.3) is 0 Å². The quantitative estimate of drug-likeness (QED) is 0.530. The van der Waals surface area contributed by atoms with Crippen molar-refractivity contribution in [1.82, 2.24) is 0 Å². The summed E-state index contributed by atoms with van der Waals surface area (Å²) in [6.45, 7) is 2.51. The van der Waals surface area contributed by atoms with E-state index in [2.05, 4.69) is 21.2 Å². The number of amides is 1. The first-order valence-corrected chi connectivity index (χ1v) is 10.1. The van der Waals surface area contributed by atoms with Crippen molar-refractivity contribution in [3.63, 3.8) is 0 Å². The van der Waals surface area contributed by atoms with E-state index in [1.165, 1.54) is 18.7 Å². The van der Waals surface area contributed by atoms with E-state index >= 15 is 0 Å². The molecule has 1 aliphatic rings. The van der Waals surface area contributed by atoms with Crippen LogP contribution in [-0.2, 0) is 14.3 Å². The van der Waals surface area contributed by atoms with E-state index in [0.29, 0.717) is 30.4 Å². The van der Waals surface area contributed by atoms with Gasteiger partial charge in [-0.1, -0.05) is 15.9 Å². The summed E-state index contributed by atoms with van der Waals surface area (Å²) in [5.74, 6) is 0.489. The maximum Gasteiger partial charge on any atom is 0.317 e. The third kappa shape index (κ3) is 5.64. The monoisotopic (exact) mass is 451 g/mol. The van der Waals surface area contributed by atoms with Crippen LogP contribution in [-0.4, -0.2) is 36.9 Å². The average Bonchev–Trinajstić information content (AvgIpc) is 2.67. The number of hydrogen-bond acceptors (Lipinski definition) is 6. The van der Waals surface area contributed by atoms with Crippen LogP contribution >= 0.6 is 27.7 Å². The Balaban J connectivity index is 1.48. The van der Waals surface area contributed by atoms with Crippen LogP contribution < -0.4 is 14.8 Å². The van der Waals surface area contributed by atoms with Gasteiger partial charge in [-0.05, 0) is 43.3 Å². The number of carbonyl (C=O) groups excluding carboxylic acids is 2. The normalized spacial score (nSPS) is 13.6. The van der Waals surface area contributed by atoms with Crippen molar-refractivity contribution in [3.05, 3.63) is 46.9 Å². The molecule has 2 aromatic carbocycles. The molecule has 2 aromatic rings. The number of esters is 1. The Morgan fingerprint density at radius 2 is 1.85 bits per heavy atom. The van der Waals surface area contributed by atoms with Crippen LogP contribution in [0.15, 0.2) is 51.8 Å². The molecule has 0 spiro atoms. The first-order valence-electron chi connectivity index (χ1n) is 8.29. The molecule has 0 aliphatic carbocycles. The number of carbonyl (C=O) groups is 2. The number of ether oxygens (including phenoxy) is 3. The van der Waals surface area contributed by atoms with Crippen LogP contribution in [0.2, 0.25) is 0 Å². The molecule has 8 heteroatoms. The second kappa shape index (κ2) is 9.14. The lowest BCUT2D eigenvalue weighted by molar-refractivity contribution is -0.150. The molecule has 27 heavy (non-hydrogen) atoms. The number of halogens is 1. The van der Waals surface area contributed by atoms with Gasteiger partial charge in [-0.2, -0.15) is 0 Å². The molecule has 1 aliphatic heterocycles. The fraction of sp³-hybridized carbons (Fsp3) is 0.263. The predicted octanol–water partition coefficient (Wildman–Crippen LogP) is 3.88. The van der Waals surface area contributed by atoms with Gasteiger partial charge in [0.05, 0.1) is 5.75 Å². The summed E-state index contributed by atoms with van der Waals surface area (Å²) in [5, 5.41) is 2.71. The van der Waals surface area contributed by atoms with E-state index in [4.69, 9.17) is 14.2 Å². The summed E-state index contributed by atoms with van der Waals surface area (Å²) in [7, 11) is 0. The Hall–Kier alpha value is -2.19. The number of fused-ring (bicyclic) bond motifs is 1. The maximum atomic E-state index is 12.3. The molecule has 0 unspecified atom stereocenters. The third-order valence-corrected chi connectivity index (χ3v) is 5.17. The van der Waals surface area contributed by atoms with E-state index in [1.54, 1.807) is 18.2 Å². The van der Waals surface area contributed by atoms with Gasteiger partial charge in [0.2, 0.25) is 0 Å². The molecule has 0 saturated heterocycles. The minimum absolute atomic E-state index is 0.128. The van der Waals surface area contributed by atoms with Crippen molar-refractivity contribution in [2.45, 2.75) is 17.9 Å². The van der Waals surface area contributed by atoms with Crippen molar-refractivity contribution < 1.29 is 23.8 Å². The Morgan fingerprint density at radius 1 is 1.15 bits per heavy atom. The third-order valence-electron chi connectivity index (χ3n) is 3.66. The van der Waals surface area contributed by atoms with Gasteiger partial charge in [0.15, 0.2) is 17.6 Å². The average molecular weight is 452 g/mol. The number of anilines is 1. The number of rotatable bonds is 6. The molecular weight excluding hydrogens is 434 g/mol. The molecule has 1 amide bonds. The Kier molecular flexibility index (Phi) is 6.63. The molecule has 142 valence electrons. The van der Waals surface area contributed by atoms with Crippen LogP contribution in [0.1, 0.15) is 6.92 Å². The zero-order valence-corrected chi connectivity index (χ0v) is 17.0. The Morgan fingerprint density at radius 3 is 2.59 bits per heavy atom. The van der Waals surface area contributed by atoms with E-state index in [-0.39, 0.29) is 5.75 Å². The zero-order valence-electron chi connectivity index (χ0n) is 14.6. The summed E-state index contributed by atoms with van der Waals surface area (Å²) in [6, 6.07) is 12.7. The lowest BCUT2D eigenvalue weighted by atomic mass is 10.2. The second-order valence-electron chi connectivity index (χ2n) is 5.72. The topological polar surface area (TPSA) is 73.9 Å². The molecule has 1 atom stereocenters. The van der Waals surface area contributed by atoms with Gasteiger partial charge in [0.25, 0.3) is 5.91 Å². The number of benzene rings is 2. The van der Waals surface area contributed by atoms with Crippen LogP contribution in [0.3, 0.4) is 0 Å². The van der Waals surface area contributed by atoms with Crippen molar-refractivity contribution in [3.8, 4) is 11.5 Å². The smallest absolute Gasteiger partial charge is 0.317 e. The first-order chi connectivity index (χ1) is 13.0. The summed E-state index contributed by atoms with van der Waals surface area (Å²) >= 11 is 4.71. The minimum atomic E-state index is -0.906. The van der Waals surface area contributed by atoms with Gasteiger partial charge in [0.1, 0.15) is 13.2 Å². The predicted molar refractivity (Wildman–Crippen MR) is 106 cm³/mol. The minimum Gasteiger partial charge on any atom is -0.486 e. The number of hydrogen-bond donors (Lipinski definition) is 1. The molecule has 0 fully saturated rings. The Labute approximate surface area is 169 Å². The van der Waals surface area contributed by atoms with Crippen molar-refractivity contribution in [2.24, 2.45) is 0 Å². The Bertz CT molecular complexity index is 827. The SMILES string of the molecule is C[C@H](OC(=O)CSc1ccc(Br)cc1)C(=O)Nc1ccc2c(c1)OCCO2. The van der Waals surface area contributed by atoms with Gasteiger partial charge >= 0.3 is 5.97 Å². The second-order valence-corrected chi connectivity index (χ2v) is 7.69. The van der Waals surface area contributed by atoms with Crippen LogP contribution in [0.5, 0.6) is 11.5 Å². The van der Waals surface area contributed by atoms with E-state index in [1.807, 2.05) is 24.3 Å². The highest BCUT2D eigenvalue weighted by Crippen LogP contribution is 2.32. The zero-order chi connectivity index (χ0) is 19.2. The van der Waals surface area contributed by atoms with Crippen LogP contribution in [0, 0.1) is 0 Å². The van der Waals surface area contributed by atoms with E-state index < -0.39 is 18.0 Å². The highest BCUT2D eigenvalue weighted by atomic mass is 79.9. The largest absolute Gasteiger partial charge is 0.486 e. The molecule has 3 rings (SSSR count). The van der Waals surface area contributed by atoms with Gasteiger partial charge in [-0.3, -0.25) is 9.59 Å². The number of thioether (sulfide) groups is 1. The highest BCUT2D eigenvalue weighted by Gasteiger charge is 2.19. The highest BCUT2D eigenvalue weighted by molar-refractivity contribution is 9.10. The molecule has 1 heterocycles. The van der Waals surface area contributed by atoms with Gasteiger partial charge < -0.3 is 19.5 Å². The fourth-order valence-corrected chi connectivity index (χ4v) is 3.27. The molecule has 1 N–H and O–H groups in total. The van der Waals surface area contributed by atoms with Gasteiger partial charge in [-0.25, -0.2) is 0 Å². The van der Waals surface area contributed by atoms with Crippen molar-refractivity contribution in [2.75, 3.05) is 24.3 Å². The number of nitrogens with one attached hydrogen (secondary N) is 1. The summed E-state index contributed by atoms with van der Waals surface area (Å²) in [6.07, 6.45) is -0.906. The summed E-state index contributed by atoms with van der Waals surface area (Å²) in [5.41, 5.74) is 0.552. The molecule has 0 saturated carbocycles. The van der Waals surface area contributed by atoms with Gasteiger partial charge in [0, 0.05) is 21.1 Å². The summed E-state index contributed by atoms with van der Waals surface area (Å²) in [4.78, 5) is 25.2. The molecular formula is C19H18BrNO5S. The first kappa shape index (κ1) is 19.6. The maximum absolute atomic E-state index is 12.3. The summed E-state index contributed by atoms with van der Waals surface area (Å²) < 4.78 is 17.1. The van der Waals surface area contributed by atoms with Crippen molar-refractivity contribution >= 4 is 45.3 Å². The van der Waals surface area contributed by atoms with Crippen molar-refractivity contribution in [1.29, 1.82) is 0 Å². The van der Waals surface area contributed by atoms with Gasteiger partial charge in [-0.15, -0.1) is 11.8 Å². The standard InChI is InChI=1S/C19H18BrNO5S/c1-12(26-18(22)11-27-15-5-2-13(20)3-6-15)19(23)21-14-4-7-16-17(10-14)25-9-8-24-16/h2-7,10,12H,8-9,11H2,1H3,(H,21,23)/t12-/m0/s1.